The first-order chi connectivity index (χ1) is 9.69. The molecule has 0 aliphatic heterocycles. The SMILES string of the molecule is O=C(N[C@H](CO)Cc1ccccc1)c1cccc(Cl)c1. The van der Waals surface area contributed by atoms with E-state index in [1.807, 2.05) is 30.3 Å². The Kier molecular flexibility index (Phi) is 5.16. The Bertz CT molecular complexity index is 572. The highest BCUT2D eigenvalue weighted by Crippen LogP contribution is 2.11. The van der Waals surface area contributed by atoms with Crippen LogP contribution in [-0.2, 0) is 6.42 Å². The van der Waals surface area contributed by atoms with Crippen LogP contribution in [0.4, 0.5) is 0 Å². The number of amides is 1. The lowest BCUT2D eigenvalue weighted by Crippen LogP contribution is -2.39. The molecule has 0 aliphatic rings. The monoisotopic (exact) mass is 289 g/mol. The molecule has 20 heavy (non-hydrogen) atoms. The third-order valence-electron chi connectivity index (χ3n) is 2.97. The van der Waals surface area contributed by atoms with E-state index in [4.69, 9.17) is 11.6 Å². The van der Waals surface area contributed by atoms with E-state index >= 15 is 0 Å². The number of rotatable bonds is 5. The van der Waals surface area contributed by atoms with Crippen molar-refractivity contribution in [2.45, 2.75) is 12.5 Å². The van der Waals surface area contributed by atoms with Gasteiger partial charge in [-0.25, -0.2) is 0 Å². The molecular weight excluding hydrogens is 274 g/mol. The predicted molar refractivity (Wildman–Crippen MR) is 79.9 cm³/mol. The predicted octanol–water partition coefficient (Wildman–Crippen LogP) is 2.67. The van der Waals surface area contributed by atoms with Crippen molar-refractivity contribution in [2.24, 2.45) is 0 Å². The quantitative estimate of drug-likeness (QED) is 0.889. The number of carbonyl (C=O) groups is 1. The van der Waals surface area contributed by atoms with Crippen LogP contribution in [0.25, 0.3) is 0 Å². The lowest BCUT2D eigenvalue weighted by molar-refractivity contribution is 0.0916. The van der Waals surface area contributed by atoms with Gasteiger partial charge in [0.05, 0.1) is 12.6 Å². The fourth-order valence-electron chi connectivity index (χ4n) is 1.96. The van der Waals surface area contributed by atoms with Crippen molar-refractivity contribution in [3.05, 3.63) is 70.7 Å². The van der Waals surface area contributed by atoms with Crippen molar-refractivity contribution >= 4 is 17.5 Å². The van der Waals surface area contributed by atoms with Crippen molar-refractivity contribution in [2.75, 3.05) is 6.61 Å². The maximum absolute atomic E-state index is 12.1. The molecule has 2 aromatic carbocycles. The largest absolute Gasteiger partial charge is 0.394 e. The van der Waals surface area contributed by atoms with Gasteiger partial charge in [-0.2, -0.15) is 0 Å². The van der Waals surface area contributed by atoms with E-state index in [9.17, 15) is 9.90 Å². The topological polar surface area (TPSA) is 49.3 Å². The molecule has 0 fully saturated rings. The van der Waals surface area contributed by atoms with Gasteiger partial charge < -0.3 is 10.4 Å². The van der Waals surface area contributed by atoms with Crippen LogP contribution in [0.15, 0.2) is 54.6 Å². The molecule has 0 saturated heterocycles. The van der Waals surface area contributed by atoms with Gasteiger partial charge in [0.25, 0.3) is 5.91 Å². The smallest absolute Gasteiger partial charge is 0.251 e. The molecule has 2 aromatic rings. The number of hydrogen-bond acceptors (Lipinski definition) is 2. The summed E-state index contributed by atoms with van der Waals surface area (Å²) in [4.78, 5) is 12.1. The number of benzene rings is 2. The van der Waals surface area contributed by atoms with Crippen LogP contribution in [0, 0.1) is 0 Å². The molecule has 2 rings (SSSR count). The van der Waals surface area contributed by atoms with Gasteiger partial charge in [0.2, 0.25) is 0 Å². The molecule has 0 heterocycles. The molecule has 104 valence electrons. The Morgan fingerprint density at radius 1 is 1.15 bits per heavy atom. The van der Waals surface area contributed by atoms with Crippen molar-refractivity contribution in [1.29, 1.82) is 0 Å². The van der Waals surface area contributed by atoms with E-state index in [0.29, 0.717) is 17.0 Å². The first-order valence-electron chi connectivity index (χ1n) is 6.40. The summed E-state index contributed by atoms with van der Waals surface area (Å²) < 4.78 is 0. The molecule has 1 atom stereocenters. The van der Waals surface area contributed by atoms with Gasteiger partial charge in [0, 0.05) is 10.6 Å². The summed E-state index contributed by atoms with van der Waals surface area (Å²) in [7, 11) is 0. The lowest BCUT2D eigenvalue weighted by Gasteiger charge is -2.16. The minimum atomic E-state index is -0.316. The van der Waals surface area contributed by atoms with Crippen molar-refractivity contribution in [3.63, 3.8) is 0 Å². The van der Waals surface area contributed by atoms with E-state index < -0.39 is 0 Å². The maximum Gasteiger partial charge on any atom is 0.251 e. The number of nitrogens with one attached hydrogen (secondary N) is 1. The van der Waals surface area contributed by atoms with Gasteiger partial charge in [-0.1, -0.05) is 48.0 Å². The molecule has 3 nitrogen and oxygen atoms in total. The Labute approximate surface area is 123 Å². The summed E-state index contributed by atoms with van der Waals surface area (Å²) in [5.41, 5.74) is 1.56. The van der Waals surface area contributed by atoms with Crippen LogP contribution in [0.1, 0.15) is 15.9 Å². The summed E-state index contributed by atoms with van der Waals surface area (Å²) in [5, 5.41) is 12.7. The van der Waals surface area contributed by atoms with Crippen LogP contribution in [-0.4, -0.2) is 23.7 Å². The maximum atomic E-state index is 12.1. The Balaban J connectivity index is 2.01. The number of carbonyl (C=O) groups excluding carboxylic acids is 1. The second kappa shape index (κ2) is 7.08. The molecule has 0 spiro atoms. The highest BCUT2D eigenvalue weighted by atomic mass is 35.5. The van der Waals surface area contributed by atoms with Gasteiger partial charge in [-0.15, -0.1) is 0 Å². The average Bonchev–Trinajstić information content (AvgIpc) is 2.47. The van der Waals surface area contributed by atoms with E-state index in [2.05, 4.69) is 5.32 Å². The first kappa shape index (κ1) is 14.6. The van der Waals surface area contributed by atoms with Crippen LogP contribution in [0.2, 0.25) is 5.02 Å². The zero-order valence-corrected chi connectivity index (χ0v) is 11.7. The molecule has 0 saturated carbocycles. The average molecular weight is 290 g/mol. The van der Waals surface area contributed by atoms with Crippen LogP contribution in [0.5, 0.6) is 0 Å². The zero-order valence-electron chi connectivity index (χ0n) is 10.9. The minimum absolute atomic E-state index is 0.110. The van der Waals surface area contributed by atoms with E-state index in [0.717, 1.165) is 5.56 Å². The third kappa shape index (κ3) is 4.08. The fraction of sp³-hybridized carbons (Fsp3) is 0.188. The number of hydrogen-bond donors (Lipinski definition) is 2. The van der Waals surface area contributed by atoms with E-state index in [1.165, 1.54) is 0 Å². The molecule has 0 unspecified atom stereocenters. The number of aliphatic hydroxyl groups is 1. The van der Waals surface area contributed by atoms with Crippen molar-refractivity contribution in [1.82, 2.24) is 5.32 Å². The number of aliphatic hydroxyl groups excluding tert-OH is 1. The van der Waals surface area contributed by atoms with Gasteiger partial charge in [-0.05, 0) is 30.2 Å². The molecule has 0 aliphatic carbocycles. The standard InChI is InChI=1S/C16H16ClNO2/c17-14-8-4-7-13(10-14)16(20)18-15(11-19)9-12-5-2-1-3-6-12/h1-8,10,15,19H,9,11H2,(H,18,20)/t15-/m0/s1. The fourth-order valence-corrected chi connectivity index (χ4v) is 2.15. The summed E-state index contributed by atoms with van der Waals surface area (Å²) >= 11 is 5.86. The molecule has 1 amide bonds. The lowest BCUT2D eigenvalue weighted by atomic mass is 10.1. The molecule has 0 radical (unpaired) electrons. The summed E-state index contributed by atoms with van der Waals surface area (Å²) in [6.07, 6.45) is 0.587. The Hall–Kier alpha value is -1.84. The molecule has 0 bridgehead atoms. The van der Waals surface area contributed by atoms with Crippen molar-refractivity contribution in [3.8, 4) is 0 Å². The van der Waals surface area contributed by atoms with E-state index in [1.54, 1.807) is 24.3 Å². The second-order valence-corrected chi connectivity index (χ2v) is 4.99. The van der Waals surface area contributed by atoms with E-state index in [-0.39, 0.29) is 18.6 Å². The highest BCUT2D eigenvalue weighted by Gasteiger charge is 2.13. The summed E-state index contributed by atoms with van der Waals surface area (Å²) in [5.74, 6) is -0.234. The third-order valence-corrected chi connectivity index (χ3v) is 3.20. The molecule has 2 N–H and O–H groups in total. The van der Waals surface area contributed by atoms with Gasteiger partial charge in [0.15, 0.2) is 0 Å². The molecule has 4 heteroatoms. The van der Waals surface area contributed by atoms with Crippen LogP contribution < -0.4 is 5.32 Å². The van der Waals surface area contributed by atoms with Gasteiger partial charge in [-0.3, -0.25) is 4.79 Å². The molecule has 0 aromatic heterocycles. The summed E-state index contributed by atoms with van der Waals surface area (Å²) in [6.45, 7) is -0.110. The number of halogens is 1. The second-order valence-electron chi connectivity index (χ2n) is 4.55. The van der Waals surface area contributed by atoms with Crippen molar-refractivity contribution < 1.29 is 9.90 Å². The van der Waals surface area contributed by atoms with Gasteiger partial charge in [0.1, 0.15) is 0 Å². The molecular formula is C16H16ClNO2. The zero-order chi connectivity index (χ0) is 14.4. The Morgan fingerprint density at radius 2 is 1.90 bits per heavy atom. The van der Waals surface area contributed by atoms with Crippen LogP contribution in [0.3, 0.4) is 0 Å². The highest BCUT2D eigenvalue weighted by molar-refractivity contribution is 6.30. The minimum Gasteiger partial charge on any atom is -0.394 e. The normalized spacial score (nSPS) is 11.9. The van der Waals surface area contributed by atoms with Gasteiger partial charge >= 0.3 is 0 Å². The Morgan fingerprint density at radius 3 is 2.55 bits per heavy atom. The first-order valence-corrected chi connectivity index (χ1v) is 6.78. The summed E-state index contributed by atoms with van der Waals surface area (Å²) in [6, 6.07) is 16.2. The van der Waals surface area contributed by atoms with Crippen LogP contribution >= 0.6 is 11.6 Å².